The van der Waals surface area contributed by atoms with E-state index in [2.05, 4.69) is 21.2 Å². The Labute approximate surface area is 152 Å². The largest absolute Gasteiger partial charge is 0.372 e. The van der Waals surface area contributed by atoms with Crippen LogP contribution in [0.4, 0.5) is 0 Å². The minimum Gasteiger partial charge on any atom is -0.372 e. The molecule has 0 radical (unpaired) electrons. The first-order valence-corrected chi connectivity index (χ1v) is 9.27. The number of nitrogens with one attached hydrogen (secondary N) is 1. The maximum Gasteiger partial charge on any atom is 0.0884 e. The van der Waals surface area contributed by atoms with Crippen molar-refractivity contribution in [2.24, 2.45) is 5.92 Å². The monoisotopic (exact) mass is 365 g/mol. The lowest BCUT2D eigenvalue weighted by Crippen LogP contribution is -2.29. The highest BCUT2D eigenvalue weighted by molar-refractivity contribution is 6.42. The Balaban J connectivity index is 1.59. The summed E-state index contributed by atoms with van der Waals surface area (Å²) in [4.78, 5) is 0. The summed E-state index contributed by atoms with van der Waals surface area (Å²) in [6.45, 7) is 3.30. The van der Waals surface area contributed by atoms with Crippen molar-refractivity contribution in [3.05, 3.63) is 51.8 Å². The molecule has 2 aliphatic rings. The summed E-state index contributed by atoms with van der Waals surface area (Å²) in [7, 11) is 0. The van der Waals surface area contributed by atoms with Crippen LogP contribution in [0.1, 0.15) is 36.1 Å². The third-order valence-electron chi connectivity index (χ3n) is 4.84. The summed E-state index contributed by atoms with van der Waals surface area (Å²) in [5.41, 5.74) is 2.44. The van der Waals surface area contributed by atoms with Crippen LogP contribution in [0.5, 0.6) is 0 Å². The van der Waals surface area contributed by atoms with Crippen molar-refractivity contribution in [1.82, 2.24) is 15.1 Å². The second-order valence-corrected chi connectivity index (χ2v) is 7.46. The summed E-state index contributed by atoms with van der Waals surface area (Å²) in [5.74, 6) is 0.984. The molecule has 1 aromatic carbocycles. The SMILES string of the molecule is Clc1ccc([C@@H]2OCCNC[C@H]2Cn2nccc2C2CC2)cc1Cl. The average molecular weight is 366 g/mol. The predicted molar refractivity (Wildman–Crippen MR) is 95.7 cm³/mol. The Morgan fingerprint density at radius 2 is 2.08 bits per heavy atom. The summed E-state index contributed by atoms with van der Waals surface area (Å²) in [6.07, 6.45) is 4.46. The van der Waals surface area contributed by atoms with Crippen molar-refractivity contribution in [3.8, 4) is 0 Å². The normalized spacial score (nSPS) is 24.8. The fourth-order valence-corrected chi connectivity index (χ4v) is 3.76. The fourth-order valence-electron chi connectivity index (χ4n) is 3.45. The lowest BCUT2D eigenvalue weighted by molar-refractivity contribution is 0.0240. The molecule has 0 amide bonds. The molecule has 4 nitrogen and oxygen atoms in total. The molecule has 1 aliphatic carbocycles. The van der Waals surface area contributed by atoms with Crippen molar-refractivity contribution < 1.29 is 4.74 Å². The molecule has 1 aliphatic heterocycles. The van der Waals surface area contributed by atoms with E-state index in [4.69, 9.17) is 27.9 Å². The van der Waals surface area contributed by atoms with Crippen LogP contribution >= 0.6 is 23.2 Å². The minimum absolute atomic E-state index is 0.00832. The highest BCUT2D eigenvalue weighted by atomic mass is 35.5. The van der Waals surface area contributed by atoms with Gasteiger partial charge in [-0.2, -0.15) is 5.10 Å². The molecule has 2 heterocycles. The van der Waals surface area contributed by atoms with E-state index in [9.17, 15) is 0 Å². The molecule has 2 aromatic rings. The van der Waals surface area contributed by atoms with E-state index in [0.717, 1.165) is 25.2 Å². The Kier molecular flexibility index (Phi) is 4.81. The van der Waals surface area contributed by atoms with Crippen molar-refractivity contribution in [2.75, 3.05) is 19.7 Å². The number of hydrogen-bond donors (Lipinski definition) is 1. The zero-order chi connectivity index (χ0) is 16.5. The molecule has 2 atom stereocenters. The first-order valence-electron chi connectivity index (χ1n) is 8.51. The summed E-state index contributed by atoms with van der Waals surface area (Å²) in [6, 6.07) is 7.94. The van der Waals surface area contributed by atoms with E-state index in [0.29, 0.717) is 28.5 Å². The lowest BCUT2D eigenvalue weighted by atomic mass is 9.95. The Bertz CT molecular complexity index is 714. The zero-order valence-electron chi connectivity index (χ0n) is 13.4. The maximum atomic E-state index is 6.22. The lowest BCUT2D eigenvalue weighted by Gasteiger charge is -2.26. The molecule has 0 unspecified atom stereocenters. The van der Waals surface area contributed by atoms with Gasteiger partial charge in [0.05, 0.1) is 22.8 Å². The molecule has 0 spiro atoms. The maximum absolute atomic E-state index is 6.22. The van der Waals surface area contributed by atoms with Gasteiger partial charge < -0.3 is 10.1 Å². The number of hydrogen-bond acceptors (Lipinski definition) is 3. The third kappa shape index (κ3) is 3.47. The topological polar surface area (TPSA) is 39.1 Å². The first-order chi connectivity index (χ1) is 11.7. The van der Waals surface area contributed by atoms with E-state index in [-0.39, 0.29) is 6.10 Å². The molecule has 1 saturated carbocycles. The van der Waals surface area contributed by atoms with Crippen LogP contribution in [0.3, 0.4) is 0 Å². The molecule has 0 bridgehead atoms. The quantitative estimate of drug-likeness (QED) is 0.888. The molecular weight excluding hydrogens is 345 g/mol. The number of rotatable bonds is 4. The van der Waals surface area contributed by atoms with Crippen LogP contribution in [0, 0.1) is 5.92 Å². The number of halogens is 2. The van der Waals surface area contributed by atoms with Crippen molar-refractivity contribution >= 4 is 23.2 Å². The number of aromatic nitrogens is 2. The number of benzene rings is 1. The number of ether oxygens (including phenoxy) is 1. The Hall–Kier alpha value is -1.07. The van der Waals surface area contributed by atoms with Gasteiger partial charge in [-0.15, -0.1) is 0 Å². The van der Waals surface area contributed by atoms with Crippen LogP contribution < -0.4 is 5.32 Å². The summed E-state index contributed by atoms with van der Waals surface area (Å²) >= 11 is 12.3. The Morgan fingerprint density at radius 3 is 2.88 bits per heavy atom. The third-order valence-corrected chi connectivity index (χ3v) is 5.57. The van der Waals surface area contributed by atoms with E-state index in [1.807, 2.05) is 24.4 Å². The molecular formula is C18H21Cl2N3O. The smallest absolute Gasteiger partial charge is 0.0884 e. The zero-order valence-corrected chi connectivity index (χ0v) is 14.9. The minimum atomic E-state index is -0.00832. The second-order valence-electron chi connectivity index (χ2n) is 6.64. The van der Waals surface area contributed by atoms with Gasteiger partial charge in [-0.05, 0) is 36.6 Å². The van der Waals surface area contributed by atoms with Gasteiger partial charge in [-0.1, -0.05) is 29.3 Å². The highest BCUT2D eigenvalue weighted by Crippen LogP contribution is 2.40. The van der Waals surface area contributed by atoms with Gasteiger partial charge in [0.2, 0.25) is 0 Å². The molecule has 2 fully saturated rings. The molecule has 4 rings (SSSR count). The van der Waals surface area contributed by atoms with E-state index in [1.165, 1.54) is 18.5 Å². The summed E-state index contributed by atoms with van der Waals surface area (Å²) in [5, 5.41) is 9.17. The van der Waals surface area contributed by atoms with Gasteiger partial charge in [0.15, 0.2) is 0 Å². The van der Waals surface area contributed by atoms with Crippen molar-refractivity contribution in [3.63, 3.8) is 0 Å². The van der Waals surface area contributed by atoms with Crippen LogP contribution in [0.15, 0.2) is 30.5 Å². The second kappa shape index (κ2) is 7.04. The van der Waals surface area contributed by atoms with Gasteiger partial charge in [0.1, 0.15) is 0 Å². The molecule has 24 heavy (non-hydrogen) atoms. The molecule has 1 aromatic heterocycles. The standard InChI is InChI=1S/C18H21Cl2N3O/c19-15-4-3-13(9-16(15)20)18-14(10-21-7-8-24-18)11-23-17(5-6-22-23)12-1-2-12/h3-6,9,12,14,18,21H,1-2,7-8,10-11H2/t14-,18-/m0/s1. The predicted octanol–water partition coefficient (Wildman–Crippen LogP) is 4.04. The fraction of sp³-hybridized carbons (Fsp3) is 0.500. The van der Waals surface area contributed by atoms with Crippen LogP contribution in [-0.4, -0.2) is 29.5 Å². The van der Waals surface area contributed by atoms with E-state index in [1.54, 1.807) is 0 Å². The van der Waals surface area contributed by atoms with Gasteiger partial charge >= 0.3 is 0 Å². The van der Waals surface area contributed by atoms with Crippen molar-refractivity contribution in [2.45, 2.75) is 31.4 Å². The summed E-state index contributed by atoms with van der Waals surface area (Å²) < 4.78 is 8.31. The molecule has 1 N–H and O–H groups in total. The van der Waals surface area contributed by atoms with Gasteiger partial charge in [-0.25, -0.2) is 0 Å². The van der Waals surface area contributed by atoms with Crippen LogP contribution in [0.25, 0.3) is 0 Å². The Morgan fingerprint density at radius 1 is 1.21 bits per heavy atom. The van der Waals surface area contributed by atoms with Crippen LogP contribution in [-0.2, 0) is 11.3 Å². The molecule has 1 saturated heterocycles. The average Bonchev–Trinajstić information content (AvgIpc) is 3.35. The van der Waals surface area contributed by atoms with Crippen LogP contribution in [0.2, 0.25) is 10.0 Å². The van der Waals surface area contributed by atoms with Crippen molar-refractivity contribution in [1.29, 1.82) is 0 Å². The van der Waals surface area contributed by atoms with E-state index >= 15 is 0 Å². The van der Waals surface area contributed by atoms with Gasteiger partial charge in [-0.3, -0.25) is 4.68 Å². The molecule has 6 heteroatoms. The van der Waals surface area contributed by atoms with E-state index < -0.39 is 0 Å². The van der Waals surface area contributed by atoms with Gasteiger partial charge in [0.25, 0.3) is 0 Å². The first kappa shape index (κ1) is 16.4. The number of nitrogens with zero attached hydrogens (tertiary/aromatic N) is 2. The highest BCUT2D eigenvalue weighted by Gasteiger charge is 2.31. The van der Waals surface area contributed by atoms with Gasteiger partial charge in [0, 0.05) is 43.4 Å². The molecule has 128 valence electrons.